The van der Waals surface area contributed by atoms with Gasteiger partial charge in [0.25, 0.3) is 5.56 Å². The molecular weight excluding hydrogens is 540 g/mol. The molecule has 7 fully saturated rings. The Hall–Kier alpha value is -2.78. The summed E-state index contributed by atoms with van der Waals surface area (Å²) in [6, 6.07) is 6.35. The molecule has 4 heterocycles. The van der Waals surface area contributed by atoms with Gasteiger partial charge in [-0.05, 0) is 113 Å². The van der Waals surface area contributed by atoms with Crippen LogP contribution in [0.25, 0.3) is 10.9 Å². The summed E-state index contributed by atoms with van der Waals surface area (Å²) in [4.78, 5) is 48.2. The molecule has 3 unspecified atom stereocenters. The molecule has 2 amide bonds. The molecule has 2 N–H and O–H groups in total. The third-order valence-electron chi connectivity index (χ3n) is 12.1. The molecule has 4 saturated carbocycles. The first-order chi connectivity index (χ1) is 20.8. The zero-order valence-electron chi connectivity index (χ0n) is 25.5. The van der Waals surface area contributed by atoms with E-state index in [1.807, 2.05) is 18.2 Å². The van der Waals surface area contributed by atoms with E-state index in [9.17, 15) is 14.4 Å². The number of carbonyl (C=O) groups is 2. The Kier molecular flexibility index (Phi) is 6.90. The van der Waals surface area contributed by atoms with Crippen molar-refractivity contribution in [3.8, 4) is 0 Å². The summed E-state index contributed by atoms with van der Waals surface area (Å²) in [5.41, 5.74) is 1.82. The number of piperazine rings is 1. The van der Waals surface area contributed by atoms with E-state index < -0.39 is 11.9 Å². The Morgan fingerprint density at radius 3 is 2.33 bits per heavy atom. The quantitative estimate of drug-likeness (QED) is 0.454. The van der Waals surface area contributed by atoms with Gasteiger partial charge in [0.05, 0.1) is 10.9 Å². The van der Waals surface area contributed by atoms with Crippen LogP contribution in [0.3, 0.4) is 0 Å². The lowest BCUT2D eigenvalue weighted by Gasteiger charge is -2.57. The first-order valence-electron chi connectivity index (χ1n) is 16.9. The second-order valence-corrected chi connectivity index (χ2v) is 15.0. The fraction of sp³-hybridized carbons (Fsp3) is 0.706. The van der Waals surface area contributed by atoms with Crippen LogP contribution in [0, 0.1) is 30.1 Å². The third kappa shape index (κ3) is 5.00. The van der Waals surface area contributed by atoms with Crippen LogP contribution in [0.15, 0.2) is 23.0 Å². The maximum Gasteiger partial charge on any atom is 0.264 e. The smallest absolute Gasteiger partial charge is 0.264 e. The van der Waals surface area contributed by atoms with E-state index in [4.69, 9.17) is 0 Å². The molecule has 9 nitrogen and oxygen atoms in total. The molecule has 3 atom stereocenters. The predicted molar refractivity (Wildman–Crippen MR) is 166 cm³/mol. The van der Waals surface area contributed by atoms with Crippen molar-refractivity contribution in [1.29, 1.82) is 0 Å². The van der Waals surface area contributed by atoms with Gasteiger partial charge in [0.1, 0.15) is 11.9 Å². The van der Waals surface area contributed by atoms with Crippen molar-refractivity contribution in [3.05, 3.63) is 34.4 Å². The Balaban J connectivity index is 0.906. The Morgan fingerprint density at radius 1 is 0.953 bits per heavy atom. The zero-order chi connectivity index (χ0) is 29.3. The minimum atomic E-state index is -0.718. The standard InChI is InChI=1S/C34H46N6O3/c1-21-36-28-4-2-3-27(31(28)33(43)40(21)29-7-8-30(41)37-32(29)42)35-10-12-38-19-25-5-6-26(20-38)39(25)11-9-34-16-22-13-23(17-34)15-24(14-22)18-34/h2-4,22-26,29,35H,5-20H2,1H3,(H,37,41,42). The van der Waals surface area contributed by atoms with Gasteiger partial charge in [-0.25, -0.2) is 4.98 Å². The van der Waals surface area contributed by atoms with Crippen LogP contribution in [-0.4, -0.2) is 76.0 Å². The topological polar surface area (TPSA) is 99.6 Å². The first kappa shape index (κ1) is 27.7. The monoisotopic (exact) mass is 586 g/mol. The molecule has 0 spiro atoms. The highest BCUT2D eigenvalue weighted by Crippen LogP contribution is 2.61. The highest BCUT2D eigenvalue weighted by atomic mass is 16.2. The number of benzene rings is 1. The van der Waals surface area contributed by atoms with Gasteiger partial charge < -0.3 is 5.32 Å². The van der Waals surface area contributed by atoms with Gasteiger partial charge in [0.15, 0.2) is 0 Å². The summed E-state index contributed by atoms with van der Waals surface area (Å²) in [5, 5.41) is 6.43. The second kappa shape index (κ2) is 10.7. The Bertz CT molecular complexity index is 1450. The normalized spacial score (nSPS) is 35.6. The number of imide groups is 1. The van der Waals surface area contributed by atoms with E-state index >= 15 is 0 Å². The van der Waals surface area contributed by atoms with Crippen LogP contribution in [-0.2, 0) is 9.59 Å². The number of nitrogens with one attached hydrogen (secondary N) is 2. The van der Waals surface area contributed by atoms with Crippen LogP contribution in [0.4, 0.5) is 5.69 Å². The molecule has 1 aromatic heterocycles. The molecule has 4 aliphatic carbocycles. The van der Waals surface area contributed by atoms with Gasteiger partial charge in [0, 0.05) is 50.4 Å². The van der Waals surface area contributed by atoms with Crippen molar-refractivity contribution >= 4 is 28.4 Å². The maximum atomic E-state index is 13.8. The van der Waals surface area contributed by atoms with E-state index in [0.29, 0.717) is 40.6 Å². The van der Waals surface area contributed by atoms with Crippen LogP contribution >= 0.6 is 0 Å². The van der Waals surface area contributed by atoms with E-state index in [1.165, 1.54) is 68.9 Å². The third-order valence-corrected chi connectivity index (χ3v) is 12.1. The summed E-state index contributed by atoms with van der Waals surface area (Å²) in [6.07, 6.45) is 13.7. The number of likely N-dealkylation sites (tertiary alicyclic amines) is 1. The van der Waals surface area contributed by atoms with Crippen molar-refractivity contribution < 1.29 is 9.59 Å². The van der Waals surface area contributed by atoms with Gasteiger partial charge in [-0.3, -0.25) is 34.1 Å². The maximum absolute atomic E-state index is 13.8. The minimum Gasteiger partial charge on any atom is -0.383 e. The van der Waals surface area contributed by atoms with Gasteiger partial charge in [-0.15, -0.1) is 0 Å². The van der Waals surface area contributed by atoms with Crippen LogP contribution in [0.2, 0.25) is 0 Å². The molecular formula is C34H46N6O3. The molecule has 9 rings (SSSR count). The summed E-state index contributed by atoms with van der Waals surface area (Å²) in [7, 11) is 0. The van der Waals surface area contributed by atoms with Gasteiger partial charge in [-0.2, -0.15) is 0 Å². The van der Waals surface area contributed by atoms with Crippen LogP contribution in [0.5, 0.6) is 0 Å². The molecule has 0 radical (unpaired) electrons. The van der Waals surface area contributed by atoms with Gasteiger partial charge in [-0.1, -0.05) is 6.07 Å². The average molecular weight is 587 g/mol. The highest BCUT2D eigenvalue weighted by Gasteiger charge is 2.51. The van der Waals surface area contributed by atoms with Gasteiger partial charge in [0.2, 0.25) is 11.8 Å². The van der Waals surface area contributed by atoms with Crippen molar-refractivity contribution in [3.63, 3.8) is 0 Å². The molecule has 230 valence electrons. The number of carbonyl (C=O) groups excluding carboxylic acids is 2. The highest BCUT2D eigenvalue weighted by molar-refractivity contribution is 5.99. The Labute approximate surface area is 253 Å². The number of nitrogens with zero attached hydrogens (tertiary/aromatic N) is 4. The molecule has 7 aliphatic rings. The average Bonchev–Trinajstić information content (AvgIpc) is 3.19. The summed E-state index contributed by atoms with van der Waals surface area (Å²) >= 11 is 0. The number of piperidine rings is 1. The van der Waals surface area contributed by atoms with Crippen molar-refractivity contribution in [2.24, 2.45) is 23.2 Å². The molecule has 3 saturated heterocycles. The molecule has 2 aromatic rings. The SMILES string of the molecule is Cc1nc2cccc(NCCN3CC4CCC(C3)N4CCC34CC5CC(CC(C5)C3)C4)c2c(=O)n1C1CCC(=O)NC1=O. The molecule has 1 aromatic carbocycles. The number of anilines is 1. The van der Waals surface area contributed by atoms with Crippen molar-refractivity contribution in [2.75, 3.05) is 38.0 Å². The lowest BCUT2D eigenvalue weighted by atomic mass is 9.49. The van der Waals surface area contributed by atoms with Crippen molar-refractivity contribution in [2.45, 2.75) is 95.7 Å². The van der Waals surface area contributed by atoms with E-state index in [2.05, 4.69) is 25.4 Å². The van der Waals surface area contributed by atoms with Crippen LogP contribution < -0.4 is 16.2 Å². The fourth-order valence-electron chi connectivity index (χ4n) is 10.7. The largest absolute Gasteiger partial charge is 0.383 e. The van der Waals surface area contributed by atoms with E-state index in [0.717, 1.165) is 49.6 Å². The van der Waals surface area contributed by atoms with E-state index in [1.54, 1.807) is 6.92 Å². The van der Waals surface area contributed by atoms with Crippen LogP contribution in [0.1, 0.15) is 82.5 Å². The minimum absolute atomic E-state index is 0.220. The number of aromatic nitrogens is 2. The molecule has 6 bridgehead atoms. The molecule has 43 heavy (non-hydrogen) atoms. The molecule has 3 aliphatic heterocycles. The van der Waals surface area contributed by atoms with Gasteiger partial charge >= 0.3 is 0 Å². The lowest BCUT2D eigenvalue weighted by molar-refractivity contribution is -0.135. The number of hydrogen-bond acceptors (Lipinski definition) is 7. The predicted octanol–water partition coefficient (Wildman–Crippen LogP) is 3.85. The fourth-order valence-corrected chi connectivity index (χ4v) is 10.7. The number of amides is 2. The first-order valence-corrected chi connectivity index (χ1v) is 16.9. The lowest BCUT2D eigenvalue weighted by Crippen LogP contribution is -2.55. The number of fused-ring (bicyclic) bond motifs is 3. The number of rotatable bonds is 8. The molecule has 9 heteroatoms. The Morgan fingerprint density at radius 2 is 1.65 bits per heavy atom. The summed E-state index contributed by atoms with van der Waals surface area (Å²) in [5.74, 6) is 2.87. The van der Waals surface area contributed by atoms with E-state index in [-0.39, 0.29) is 17.9 Å². The number of hydrogen-bond donors (Lipinski definition) is 2. The summed E-state index contributed by atoms with van der Waals surface area (Å²) < 4.78 is 1.47. The van der Waals surface area contributed by atoms with Crippen molar-refractivity contribution in [1.82, 2.24) is 24.7 Å². The second-order valence-electron chi connectivity index (χ2n) is 15.0. The zero-order valence-corrected chi connectivity index (χ0v) is 25.5. The number of aryl methyl sites for hydroxylation is 1. The summed E-state index contributed by atoms with van der Waals surface area (Å²) in [6.45, 7) is 7.01.